The number of nitrogens with zero attached hydrogens (tertiary/aromatic N) is 1. The number of carbonyl (C=O) groups is 2. The fourth-order valence-corrected chi connectivity index (χ4v) is 3.65. The van der Waals surface area contributed by atoms with E-state index in [0.717, 1.165) is 36.7 Å². The molecule has 0 bridgehead atoms. The number of rotatable bonds is 4. The molecule has 1 fully saturated rings. The van der Waals surface area contributed by atoms with E-state index >= 15 is 0 Å². The van der Waals surface area contributed by atoms with Gasteiger partial charge in [-0.2, -0.15) is 0 Å². The lowest BCUT2D eigenvalue weighted by Crippen LogP contribution is -2.22. The highest BCUT2D eigenvalue weighted by atomic mass is 79.9. The molecule has 1 heterocycles. The Morgan fingerprint density at radius 1 is 1.08 bits per heavy atom. The second-order valence-electron chi connectivity index (χ2n) is 5.34. The van der Waals surface area contributed by atoms with Crippen molar-refractivity contribution in [1.82, 2.24) is 4.90 Å². The van der Waals surface area contributed by atoms with Gasteiger partial charge in [0.15, 0.2) is 0 Å². The number of hydrogen-bond donors (Lipinski definition) is 0. The van der Waals surface area contributed by atoms with Crippen molar-refractivity contribution in [2.24, 2.45) is 0 Å². The van der Waals surface area contributed by atoms with E-state index in [1.54, 1.807) is 6.08 Å². The fraction of sp³-hybridized carbons (Fsp3) is 0.111. The lowest BCUT2D eigenvalue weighted by atomic mass is 10.1. The van der Waals surface area contributed by atoms with Gasteiger partial charge in [0.1, 0.15) is 12.4 Å². The van der Waals surface area contributed by atoms with E-state index in [1.165, 1.54) is 7.05 Å². The van der Waals surface area contributed by atoms with Crippen LogP contribution in [0.25, 0.3) is 6.08 Å². The van der Waals surface area contributed by atoms with Crippen LogP contribution >= 0.6 is 43.6 Å². The van der Waals surface area contributed by atoms with Gasteiger partial charge in [-0.25, -0.2) is 0 Å². The van der Waals surface area contributed by atoms with Gasteiger partial charge in [-0.3, -0.25) is 14.5 Å². The van der Waals surface area contributed by atoms with Crippen molar-refractivity contribution in [3.63, 3.8) is 0 Å². The minimum Gasteiger partial charge on any atom is -0.488 e. The molecular weight excluding hydrogens is 470 g/mol. The Hall–Kier alpha value is -1.57. The number of imide groups is 1. The summed E-state index contributed by atoms with van der Waals surface area (Å²) in [4.78, 5) is 25.2. The lowest BCUT2D eigenvalue weighted by molar-refractivity contribution is -0.121. The van der Waals surface area contributed by atoms with Crippen molar-refractivity contribution < 1.29 is 14.3 Å². The van der Waals surface area contributed by atoms with Gasteiger partial charge in [-0.15, -0.1) is 0 Å². The molecule has 25 heavy (non-hydrogen) atoms. The number of benzene rings is 2. The summed E-state index contributed by atoms with van der Waals surface area (Å²) in [7, 11) is 1.48. The third-order valence-corrected chi connectivity index (χ3v) is 5.54. The van der Waals surface area contributed by atoms with Crippen LogP contribution in [0.3, 0.4) is 0 Å². The van der Waals surface area contributed by atoms with Crippen molar-refractivity contribution in [3.05, 3.63) is 67.4 Å². The van der Waals surface area contributed by atoms with Gasteiger partial charge in [-0.05, 0) is 53.7 Å². The molecule has 0 aromatic heterocycles. The summed E-state index contributed by atoms with van der Waals surface area (Å²) in [5, 5.41) is -0.274. The van der Waals surface area contributed by atoms with Crippen LogP contribution in [-0.4, -0.2) is 23.1 Å². The molecule has 1 aliphatic rings. The first-order valence-electron chi connectivity index (χ1n) is 7.32. The fourth-order valence-electron chi connectivity index (χ4n) is 2.19. The molecule has 0 unspecified atom stereocenters. The Labute approximate surface area is 166 Å². The number of ether oxygens (including phenoxy) is 1. The lowest BCUT2D eigenvalue weighted by Gasteiger charge is -2.10. The standard InChI is InChI=1S/C18H13Br2NO3S/c1-21-17(22)16(25-18(21)23)9-12-8-14(20)6-7-15(12)24-10-11-2-4-13(19)5-3-11/h2-9H,10H2,1H3/b16-9-. The van der Waals surface area contributed by atoms with Crippen molar-refractivity contribution in [2.45, 2.75) is 6.61 Å². The topological polar surface area (TPSA) is 46.6 Å². The molecule has 4 nitrogen and oxygen atoms in total. The van der Waals surface area contributed by atoms with Crippen molar-refractivity contribution in [3.8, 4) is 5.75 Å². The van der Waals surface area contributed by atoms with E-state index < -0.39 is 0 Å². The van der Waals surface area contributed by atoms with Crippen molar-refractivity contribution in [1.29, 1.82) is 0 Å². The Morgan fingerprint density at radius 2 is 1.76 bits per heavy atom. The number of hydrogen-bond acceptors (Lipinski definition) is 4. The monoisotopic (exact) mass is 481 g/mol. The van der Waals surface area contributed by atoms with E-state index in [4.69, 9.17) is 4.74 Å². The number of likely N-dealkylation sites (N-methyl/N-ethyl adjacent to an activating group) is 1. The molecule has 128 valence electrons. The Morgan fingerprint density at radius 3 is 2.40 bits per heavy atom. The molecule has 1 saturated heterocycles. The zero-order valence-electron chi connectivity index (χ0n) is 13.2. The first kappa shape index (κ1) is 18.2. The highest BCUT2D eigenvalue weighted by molar-refractivity contribution is 9.10. The molecule has 2 aromatic carbocycles. The van der Waals surface area contributed by atoms with Gasteiger partial charge in [0.05, 0.1) is 4.91 Å². The molecule has 0 spiro atoms. The maximum absolute atomic E-state index is 12.1. The smallest absolute Gasteiger partial charge is 0.293 e. The van der Waals surface area contributed by atoms with Gasteiger partial charge < -0.3 is 4.74 Å². The second kappa shape index (κ2) is 7.76. The SMILES string of the molecule is CN1C(=O)S/C(=C\c2cc(Br)ccc2OCc2ccc(Br)cc2)C1=O. The van der Waals surface area contributed by atoms with Crippen LogP contribution in [0.2, 0.25) is 0 Å². The van der Waals surface area contributed by atoms with Gasteiger partial charge in [0.25, 0.3) is 11.1 Å². The summed E-state index contributed by atoms with van der Waals surface area (Å²) in [6.07, 6.45) is 1.69. The minimum absolute atomic E-state index is 0.274. The van der Waals surface area contributed by atoms with Gasteiger partial charge in [0, 0.05) is 21.6 Å². The first-order valence-corrected chi connectivity index (χ1v) is 9.72. The van der Waals surface area contributed by atoms with E-state index in [0.29, 0.717) is 17.3 Å². The zero-order chi connectivity index (χ0) is 18.0. The Kier molecular flexibility index (Phi) is 5.66. The third-order valence-electron chi connectivity index (χ3n) is 3.55. The maximum atomic E-state index is 12.1. The minimum atomic E-state index is -0.297. The van der Waals surface area contributed by atoms with Gasteiger partial charge in [0.2, 0.25) is 0 Å². The van der Waals surface area contributed by atoms with Crippen molar-refractivity contribution >= 4 is 60.8 Å². The molecule has 0 N–H and O–H groups in total. The second-order valence-corrected chi connectivity index (χ2v) is 8.16. The van der Waals surface area contributed by atoms with Crippen LogP contribution in [-0.2, 0) is 11.4 Å². The molecule has 0 radical (unpaired) electrons. The Bertz CT molecular complexity index is 865. The van der Waals surface area contributed by atoms with Crippen LogP contribution in [0.15, 0.2) is 56.3 Å². The summed E-state index contributed by atoms with van der Waals surface area (Å²) in [5.41, 5.74) is 1.77. The number of halogens is 2. The number of carbonyl (C=O) groups excluding carboxylic acids is 2. The predicted octanol–water partition coefficient (Wildman–Crippen LogP) is 5.46. The van der Waals surface area contributed by atoms with Crippen LogP contribution in [0, 0.1) is 0 Å². The largest absolute Gasteiger partial charge is 0.488 e. The van der Waals surface area contributed by atoms with E-state index in [1.807, 2.05) is 42.5 Å². The summed E-state index contributed by atoms with van der Waals surface area (Å²) >= 11 is 7.76. The third kappa shape index (κ3) is 4.34. The summed E-state index contributed by atoms with van der Waals surface area (Å²) in [5.74, 6) is 0.350. The van der Waals surface area contributed by atoms with Crippen LogP contribution in [0.5, 0.6) is 5.75 Å². The average molecular weight is 483 g/mol. The molecule has 2 amide bonds. The van der Waals surface area contributed by atoms with Crippen LogP contribution in [0.4, 0.5) is 4.79 Å². The summed E-state index contributed by atoms with van der Waals surface area (Å²) in [6.45, 7) is 0.408. The van der Waals surface area contributed by atoms with Crippen LogP contribution < -0.4 is 4.74 Å². The van der Waals surface area contributed by atoms with E-state index in [2.05, 4.69) is 31.9 Å². The molecule has 0 saturated carbocycles. The summed E-state index contributed by atoms with van der Waals surface area (Å²) in [6, 6.07) is 13.4. The normalized spacial score (nSPS) is 16.0. The molecule has 1 aliphatic heterocycles. The van der Waals surface area contributed by atoms with Gasteiger partial charge in [-0.1, -0.05) is 44.0 Å². The Balaban J connectivity index is 1.84. The zero-order valence-corrected chi connectivity index (χ0v) is 17.2. The molecule has 2 aromatic rings. The molecular formula is C18H13Br2NO3S. The first-order chi connectivity index (χ1) is 11.9. The van der Waals surface area contributed by atoms with Crippen LogP contribution in [0.1, 0.15) is 11.1 Å². The molecule has 7 heteroatoms. The molecule has 0 aliphatic carbocycles. The quantitative estimate of drug-likeness (QED) is 0.543. The number of thioether (sulfide) groups is 1. The predicted molar refractivity (Wildman–Crippen MR) is 106 cm³/mol. The number of amides is 2. The molecule has 0 atom stereocenters. The summed E-state index contributed by atoms with van der Waals surface area (Å²) < 4.78 is 7.79. The maximum Gasteiger partial charge on any atom is 0.293 e. The highest BCUT2D eigenvalue weighted by Crippen LogP contribution is 2.34. The van der Waals surface area contributed by atoms with Crippen molar-refractivity contribution in [2.75, 3.05) is 7.05 Å². The average Bonchev–Trinajstić information content (AvgIpc) is 2.83. The molecule has 3 rings (SSSR count). The highest BCUT2D eigenvalue weighted by Gasteiger charge is 2.32. The van der Waals surface area contributed by atoms with Gasteiger partial charge >= 0.3 is 0 Å². The van der Waals surface area contributed by atoms with E-state index in [-0.39, 0.29) is 11.1 Å². The van der Waals surface area contributed by atoms with E-state index in [9.17, 15) is 9.59 Å².